The fraction of sp³-hybridized carbons (Fsp3) is 0. The van der Waals surface area contributed by atoms with Crippen molar-refractivity contribution in [1.29, 1.82) is 0 Å². The van der Waals surface area contributed by atoms with Gasteiger partial charge in [0.1, 0.15) is 0 Å². The van der Waals surface area contributed by atoms with Crippen molar-refractivity contribution in [3.05, 3.63) is 29.6 Å². The molecular formula is C9H6N2O4. The highest BCUT2D eigenvalue weighted by atomic mass is 16.4. The second-order valence-corrected chi connectivity index (χ2v) is 2.91. The average Bonchev–Trinajstić information content (AvgIpc) is 2.61. The van der Waals surface area contributed by atoms with Crippen LogP contribution in [-0.4, -0.2) is 32.1 Å². The standard InChI is InChI=1S/C9H6N2O4/c12-8(13)4-3-6-5(1-2-10-6)11-7(4)9(14)15/h1-3,10H,(H,12,13)(H,14,15). The number of pyridine rings is 1. The van der Waals surface area contributed by atoms with E-state index in [1.807, 2.05) is 0 Å². The zero-order valence-electron chi connectivity index (χ0n) is 7.39. The van der Waals surface area contributed by atoms with Crippen molar-refractivity contribution in [2.75, 3.05) is 0 Å². The molecule has 0 aliphatic rings. The fourth-order valence-electron chi connectivity index (χ4n) is 1.31. The van der Waals surface area contributed by atoms with E-state index in [4.69, 9.17) is 10.2 Å². The number of hydrogen-bond acceptors (Lipinski definition) is 3. The van der Waals surface area contributed by atoms with Crippen LogP contribution in [0.15, 0.2) is 18.3 Å². The number of fused-ring (bicyclic) bond motifs is 1. The minimum atomic E-state index is -1.35. The lowest BCUT2D eigenvalue weighted by Crippen LogP contribution is -2.10. The SMILES string of the molecule is O=C(O)c1cc2[nH]ccc2nc1C(=O)O. The highest BCUT2D eigenvalue weighted by molar-refractivity contribution is 6.03. The second kappa shape index (κ2) is 3.09. The third kappa shape index (κ3) is 1.41. The zero-order chi connectivity index (χ0) is 11.0. The summed E-state index contributed by atoms with van der Waals surface area (Å²) in [5.41, 5.74) is 0.154. The van der Waals surface area contributed by atoms with Gasteiger partial charge in [-0.05, 0) is 12.1 Å². The van der Waals surface area contributed by atoms with Gasteiger partial charge in [0.15, 0.2) is 5.69 Å². The van der Waals surface area contributed by atoms with Gasteiger partial charge in [0.25, 0.3) is 0 Å². The minimum Gasteiger partial charge on any atom is -0.478 e. The summed E-state index contributed by atoms with van der Waals surface area (Å²) in [5.74, 6) is -2.66. The molecule has 76 valence electrons. The van der Waals surface area contributed by atoms with E-state index in [-0.39, 0.29) is 5.56 Å². The highest BCUT2D eigenvalue weighted by Gasteiger charge is 2.18. The van der Waals surface area contributed by atoms with Crippen molar-refractivity contribution in [1.82, 2.24) is 9.97 Å². The van der Waals surface area contributed by atoms with Gasteiger partial charge in [-0.25, -0.2) is 14.6 Å². The molecule has 0 spiro atoms. The Balaban J connectivity index is 2.79. The second-order valence-electron chi connectivity index (χ2n) is 2.91. The molecule has 0 bridgehead atoms. The third-order valence-electron chi connectivity index (χ3n) is 1.97. The van der Waals surface area contributed by atoms with E-state index in [0.717, 1.165) is 0 Å². The number of carboxylic acid groups (broad SMARTS) is 2. The van der Waals surface area contributed by atoms with Crippen LogP contribution in [0, 0.1) is 0 Å². The summed E-state index contributed by atoms with van der Waals surface area (Å²) in [6.07, 6.45) is 1.56. The number of hydrogen-bond donors (Lipinski definition) is 3. The van der Waals surface area contributed by atoms with Crippen molar-refractivity contribution in [2.24, 2.45) is 0 Å². The Morgan fingerprint density at radius 2 is 2.00 bits per heavy atom. The summed E-state index contributed by atoms with van der Waals surface area (Å²) in [6.45, 7) is 0. The number of aromatic nitrogens is 2. The monoisotopic (exact) mass is 206 g/mol. The fourth-order valence-corrected chi connectivity index (χ4v) is 1.31. The molecule has 2 aromatic rings. The molecule has 0 aliphatic carbocycles. The van der Waals surface area contributed by atoms with Crippen molar-refractivity contribution >= 4 is 23.0 Å². The number of carboxylic acids is 2. The Morgan fingerprint density at radius 1 is 1.27 bits per heavy atom. The molecule has 0 atom stereocenters. The van der Waals surface area contributed by atoms with Crippen LogP contribution in [0.5, 0.6) is 0 Å². The van der Waals surface area contributed by atoms with E-state index in [2.05, 4.69) is 9.97 Å². The topological polar surface area (TPSA) is 103 Å². The van der Waals surface area contributed by atoms with Crippen LogP contribution in [0.1, 0.15) is 20.8 Å². The normalized spacial score (nSPS) is 10.4. The van der Waals surface area contributed by atoms with Gasteiger partial charge in [-0.1, -0.05) is 0 Å². The van der Waals surface area contributed by atoms with Crippen LogP contribution >= 0.6 is 0 Å². The van der Waals surface area contributed by atoms with Crippen LogP contribution in [0.25, 0.3) is 11.0 Å². The number of rotatable bonds is 2. The maximum atomic E-state index is 10.8. The number of H-pyrrole nitrogens is 1. The van der Waals surface area contributed by atoms with Crippen molar-refractivity contribution in [2.45, 2.75) is 0 Å². The van der Waals surface area contributed by atoms with E-state index in [9.17, 15) is 9.59 Å². The molecule has 0 aliphatic heterocycles. The number of carbonyl (C=O) groups is 2. The third-order valence-corrected chi connectivity index (χ3v) is 1.97. The lowest BCUT2D eigenvalue weighted by atomic mass is 10.2. The Morgan fingerprint density at radius 3 is 2.60 bits per heavy atom. The predicted molar refractivity (Wildman–Crippen MR) is 50.0 cm³/mol. The first-order chi connectivity index (χ1) is 7.09. The number of aromatic amines is 1. The van der Waals surface area contributed by atoms with Gasteiger partial charge in [-0.15, -0.1) is 0 Å². The van der Waals surface area contributed by atoms with Crippen LogP contribution in [-0.2, 0) is 0 Å². The van der Waals surface area contributed by atoms with E-state index in [1.54, 1.807) is 12.3 Å². The summed E-state index contributed by atoms with van der Waals surface area (Å²) in [5, 5.41) is 17.6. The van der Waals surface area contributed by atoms with E-state index < -0.39 is 17.6 Å². The van der Waals surface area contributed by atoms with Gasteiger partial charge in [-0.3, -0.25) is 0 Å². The molecule has 2 aromatic heterocycles. The summed E-state index contributed by atoms with van der Waals surface area (Å²) in [7, 11) is 0. The summed E-state index contributed by atoms with van der Waals surface area (Å²) in [6, 6.07) is 2.83. The molecule has 0 fully saturated rings. The largest absolute Gasteiger partial charge is 0.478 e. The maximum Gasteiger partial charge on any atom is 0.355 e. The molecule has 0 aromatic carbocycles. The molecule has 2 rings (SSSR count). The predicted octanol–water partition coefficient (Wildman–Crippen LogP) is 0.959. The minimum absolute atomic E-state index is 0.322. The lowest BCUT2D eigenvalue weighted by molar-refractivity contribution is 0.0647. The average molecular weight is 206 g/mol. The molecule has 6 heteroatoms. The summed E-state index contributed by atoms with van der Waals surface area (Å²) < 4.78 is 0. The molecule has 0 saturated carbocycles. The van der Waals surface area contributed by atoms with Crippen LogP contribution in [0.4, 0.5) is 0 Å². The van der Waals surface area contributed by atoms with Gasteiger partial charge < -0.3 is 15.2 Å². The van der Waals surface area contributed by atoms with Gasteiger partial charge in [0.2, 0.25) is 0 Å². The Bertz CT molecular complexity index is 510. The summed E-state index contributed by atoms with van der Waals surface area (Å²) >= 11 is 0. The zero-order valence-corrected chi connectivity index (χ0v) is 7.39. The Labute approximate surface area is 83.2 Å². The maximum absolute atomic E-state index is 10.8. The number of nitrogens with zero attached hydrogens (tertiary/aromatic N) is 1. The van der Waals surface area contributed by atoms with Gasteiger partial charge in [0, 0.05) is 6.20 Å². The molecule has 0 saturated heterocycles. The molecular weight excluding hydrogens is 200 g/mol. The Hall–Kier alpha value is -2.37. The quantitative estimate of drug-likeness (QED) is 0.678. The van der Waals surface area contributed by atoms with Gasteiger partial charge in [0.05, 0.1) is 16.6 Å². The molecule has 0 unspecified atom stereocenters. The van der Waals surface area contributed by atoms with Crippen molar-refractivity contribution in [3.63, 3.8) is 0 Å². The molecule has 0 amide bonds. The van der Waals surface area contributed by atoms with Crippen molar-refractivity contribution in [3.8, 4) is 0 Å². The number of aromatic carboxylic acids is 2. The molecule has 2 heterocycles. The lowest BCUT2D eigenvalue weighted by Gasteiger charge is -2.00. The number of nitrogens with one attached hydrogen (secondary N) is 1. The molecule has 0 radical (unpaired) electrons. The van der Waals surface area contributed by atoms with E-state index >= 15 is 0 Å². The van der Waals surface area contributed by atoms with Gasteiger partial charge >= 0.3 is 11.9 Å². The van der Waals surface area contributed by atoms with E-state index in [0.29, 0.717) is 11.0 Å². The molecule has 15 heavy (non-hydrogen) atoms. The molecule has 6 nitrogen and oxygen atoms in total. The highest BCUT2D eigenvalue weighted by Crippen LogP contribution is 2.15. The van der Waals surface area contributed by atoms with Crippen LogP contribution in [0.2, 0.25) is 0 Å². The van der Waals surface area contributed by atoms with Crippen LogP contribution < -0.4 is 0 Å². The summed E-state index contributed by atoms with van der Waals surface area (Å²) in [4.78, 5) is 28.0. The van der Waals surface area contributed by atoms with Gasteiger partial charge in [-0.2, -0.15) is 0 Å². The Kier molecular flexibility index (Phi) is 1.89. The first-order valence-electron chi connectivity index (χ1n) is 4.04. The molecule has 3 N–H and O–H groups in total. The van der Waals surface area contributed by atoms with Crippen molar-refractivity contribution < 1.29 is 19.8 Å². The van der Waals surface area contributed by atoms with E-state index in [1.165, 1.54) is 6.07 Å². The smallest absolute Gasteiger partial charge is 0.355 e. The first kappa shape index (κ1) is 9.20. The van der Waals surface area contributed by atoms with Crippen LogP contribution in [0.3, 0.4) is 0 Å². The first-order valence-corrected chi connectivity index (χ1v) is 4.04.